The Morgan fingerprint density at radius 1 is 1.15 bits per heavy atom. The van der Waals surface area contributed by atoms with Crippen LogP contribution < -0.4 is 14.8 Å². The van der Waals surface area contributed by atoms with Gasteiger partial charge in [0.15, 0.2) is 6.61 Å². The Balaban J connectivity index is 2.04. The van der Waals surface area contributed by atoms with Crippen LogP contribution in [0, 0.1) is 6.92 Å². The van der Waals surface area contributed by atoms with Crippen LogP contribution in [0.15, 0.2) is 35.2 Å². The quantitative estimate of drug-likeness (QED) is 0.841. The summed E-state index contributed by atoms with van der Waals surface area (Å²) in [7, 11) is -3.80. The van der Waals surface area contributed by atoms with E-state index < -0.39 is 10.0 Å². The van der Waals surface area contributed by atoms with Gasteiger partial charge in [-0.3, -0.25) is 9.52 Å². The first-order valence-corrected chi connectivity index (χ1v) is 10.0. The van der Waals surface area contributed by atoms with Crippen LogP contribution in [0.3, 0.4) is 0 Å². The van der Waals surface area contributed by atoms with Gasteiger partial charge in [-0.25, -0.2) is 8.42 Å². The molecule has 1 aliphatic rings. The van der Waals surface area contributed by atoms with E-state index in [2.05, 4.69) is 10.0 Å². The van der Waals surface area contributed by atoms with Crippen molar-refractivity contribution in [2.24, 2.45) is 0 Å². The van der Waals surface area contributed by atoms with Crippen molar-refractivity contribution in [1.82, 2.24) is 0 Å². The molecule has 0 spiro atoms. The Bertz CT molecular complexity index is 945. The molecule has 0 radical (unpaired) electrons. The van der Waals surface area contributed by atoms with Gasteiger partial charge in [-0.15, -0.1) is 0 Å². The summed E-state index contributed by atoms with van der Waals surface area (Å²) in [5.74, 6) is 0.102. The van der Waals surface area contributed by atoms with Crippen molar-refractivity contribution >= 4 is 27.3 Å². The number of aryl methyl sites for hydroxylation is 3. The second-order valence-electron chi connectivity index (χ2n) is 6.21. The van der Waals surface area contributed by atoms with Gasteiger partial charge >= 0.3 is 0 Å². The van der Waals surface area contributed by atoms with Crippen LogP contribution in [0.1, 0.15) is 30.5 Å². The molecule has 0 unspecified atom stereocenters. The minimum absolute atomic E-state index is 0.123. The lowest BCUT2D eigenvalue weighted by Crippen LogP contribution is -2.26. The lowest BCUT2D eigenvalue weighted by molar-refractivity contribution is -0.118. The van der Waals surface area contributed by atoms with Crippen molar-refractivity contribution in [3.8, 4) is 5.75 Å². The zero-order valence-electron chi connectivity index (χ0n) is 15.0. The summed E-state index contributed by atoms with van der Waals surface area (Å²) in [6.07, 6.45) is 1.45. The molecule has 2 N–H and O–H groups in total. The zero-order chi connectivity index (χ0) is 18.9. The summed E-state index contributed by atoms with van der Waals surface area (Å²) in [5.41, 5.74) is 3.57. The van der Waals surface area contributed by atoms with Gasteiger partial charge in [0, 0.05) is 6.07 Å². The van der Waals surface area contributed by atoms with Crippen molar-refractivity contribution in [2.45, 2.75) is 38.5 Å². The molecule has 1 heterocycles. The van der Waals surface area contributed by atoms with Gasteiger partial charge < -0.3 is 10.1 Å². The van der Waals surface area contributed by atoms with Crippen molar-refractivity contribution < 1.29 is 17.9 Å². The third-order valence-corrected chi connectivity index (χ3v) is 5.93. The maximum absolute atomic E-state index is 13.1. The second kappa shape index (κ2) is 6.99. The van der Waals surface area contributed by atoms with E-state index in [4.69, 9.17) is 4.74 Å². The van der Waals surface area contributed by atoms with E-state index in [1.165, 1.54) is 6.07 Å². The highest BCUT2D eigenvalue weighted by Crippen LogP contribution is 2.34. The molecule has 2 aromatic rings. The Hall–Kier alpha value is -2.54. The Morgan fingerprint density at radius 3 is 2.42 bits per heavy atom. The number of para-hydroxylation sites is 1. The van der Waals surface area contributed by atoms with Gasteiger partial charge in [0.1, 0.15) is 5.75 Å². The van der Waals surface area contributed by atoms with Crippen LogP contribution in [-0.2, 0) is 27.7 Å². The van der Waals surface area contributed by atoms with E-state index in [0.717, 1.165) is 24.0 Å². The largest absolute Gasteiger partial charge is 0.482 e. The minimum Gasteiger partial charge on any atom is -0.482 e. The molecule has 2 aromatic carbocycles. The highest BCUT2D eigenvalue weighted by Gasteiger charge is 2.24. The highest BCUT2D eigenvalue weighted by molar-refractivity contribution is 7.92. The van der Waals surface area contributed by atoms with Crippen molar-refractivity contribution in [2.75, 3.05) is 16.6 Å². The molecule has 0 aliphatic carbocycles. The van der Waals surface area contributed by atoms with Gasteiger partial charge in [0.2, 0.25) is 0 Å². The molecule has 6 nitrogen and oxygen atoms in total. The number of nitrogens with one attached hydrogen (secondary N) is 2. The van der Waals surface area contributed by atoms with Crippen LogP contribution in [0.4, 0.5) is 11.4 Å². The topological polar surface area (TPSA) is 84.5 Å². The number of sulfonamides is 1. The average Bonchev–Trinajstić information content (AvgIpc) is 2.60. The Morgan fingerprint density at radius 2 is 1.81 bits per heavy atom. The van der Waals surface area contributed by atoms with Crippen molar-refractivity contribution in [3.63, 3.8) is 0 Å². The molecule has 26 heavy (non-hydrogen) atoms. The van der Waals surface area contributed by atoms with Gasteiger partial charge in [-0.2, -0.15) is 0 Å². The first kappa shape index (κ1) is 18.3. The number of carbonyl (C=O) groups is 1. The fourth-order valence-corrected chi connectivity index (χ4v) is 4.45. The van der Waals surface area contributed by atoms with E-state index in [0.29, 0.717) is 22.7 Å². The maximum atomic E-state index is 13.1. The first-order valence-electron chi connectivity index (χ1n) is 8.56. The number of anilines is 2. The summed E-state index contributed by atoms with van der Waals surface area (Å²) in [6, 6.07) is 8.88. The molecule has 0 bridgehead atoms. The van der Waals surface area contributed by atoms with Crippen LogP contribution in [0.25, 0.3) is 0 Å². The second-order valence-corrected chi connectivity index (χ2v) is 7.87. The molecule has 0 saturated carbocycles. The fourth-order valence-electron chi connectivity index (χ4n) is 3.07. The van der Waals surface area contributed by atoms with Crippen molar-refractivity contribution in [3.05, 3.63) is 47.0 Å². The number of amides is 1. The van der Waals surface area contributed by atoms with E-state index in [-0.39, 0.29) is 17.4 Å². The van der Waals surface area contributed by atoms with Gasteiger partial charge in [-0.05, 0) is 42.5 Å². The van der Waals surface area contributed by atoms with E-state index >= 15 is 0 Å². The predicted molar refractivity (Wildman–Crippen MR) is 101 cm³/mol. The number of fused-ring (bicyclic) bond motifs is 1. The molecule has 3 rings (SSSR count). The third-order valence-electron chi connectivity index (χ3n) is 4.43. The fraction of sp³-hybridized carbons (Fsp3) is 0.316. The number of ether oxygens (including phenoxy) is 1. The van der Waals surface area contributed by atoms with Gasteiger partial charge in [0.25, 0.3) is 15.9 Å². The molecule has 0 fully saturated rings. The highest BCUT2D eigenvalue weighted by atomic mass is 32.2. The lowest BCUT2D eigenvalue weighted by Gasteiger charge is -2.21. The maximum Gasteiger partial charge on any atom is 0.262 e. The van der Waals surface area contributed by atoms with Crippen LogP contribution in [-0.4, -0.2) is 20.9 Å². The van der Waals surface area contributed by atoms with Crippen LogP contribution >= 0.6 is 0 Å². The molecular weight excluding hydrogens is 352 g/mol. The zero-order valence-corrected chi connectivity index (χ0v) is 15.9. The summed E-state index contributed by atoms with van der Waals surface area (Å²) in [5, 5.41) is 2.69. The van der Waals surface area contributed by atoms with Crippen LogP contribution in [0.5, 0.6) is 5.75 Å². The molecular formula is C19H22N2O4S. The summed E-state index contributed by atoms with van der Waals surface area (Å²) in [6.45, 7) is 5.56. The first-order chi connectivity index (χ1) is 12.4. The minimum atomic E-state index is -3.80. The van der Waals surface area contributed by atoms with Gasteiger partial charge in [0.05, 0.1) is 16.3 Å². The van der Waals surface area contributed by atoms with E-state index in [1.807, 2.05) is 32.0 Å². The average molecular weight is 374 g/mol. The summed E-state index contributed by atoms with van der Waals surface area (Å²) < 4.78 is 34.2. The van der Waals surface area contributed by atoms with Crippen LogP contribution in [0.2, 0.25) is 0 Å². The predicted octanol–water partition coefficient (Wildman–Crippen LogP) is 3.25. The van der Waals surface area contributed by atoms with Crippen molar-refractivity contribution in [1.29, 1.82) is 0 Å². The molecule has 0 atom stereocenters. The third kappa shape index (κ3) is 3.39. The Labute approximate surface area is 153 Å². The Kier molecular flexibility index (Phi) is 4.91. The SMILES string of the molecule is CCc1cccc(CC)c1NS(=O)(=O)c1cc2c(cc1C)NC(=O)CO2. The smallest absolute Gasteiger partial charge is 0.262 e. The number of hydrogen-bond acceptors (Lipinski definition) is 4. The van der Waals surface area contributed by atoms with E-state index in [9.17, 15) is 13.2 Å². The molecule has 1 aliphatic heterocycles. The molecule has 0 aromatic heterocycles. The molecule has 0 saturated heterocycles. The monoisotopic (exact) mass is 374 g/mol. The normalized spacial score (nSPS) is 13.6. The molecule has 138 valence electrons. The number of rotatable bonds is 5. The molecule has 7 heteroatoms. The summed E-state index contributed by atoms with van der Waals surface area (Å²) >= 11 is 0. The summed E-state index contributed by atoms with van der Waals surface area (Å²) in [4.78, 5) is 11.6. The van der Waals surface area contributed by atoms with E-state index in [1.54, 1.807) is 13.0 Å². The number of carbonyl (C=O) groups excluding carboxylic acids is 1. The lowest BCUT2D eigenvalue weighted by atomic mass is 10.0. The van der Waals surface area contributed by atoms with Gasteiger partial charge in [-0.1, -0.05) is 32.0 Å². The standard InChI is InChI=1S/C19H22N2O4S/c1-4-13-7-6-8-14(5-2)19(13)21-26(23,24)17-10-16-15(9-12(17)3)20-18(22)11-25-16/h6-10,21H,4-5,11H2,1-3H3,(H,20,22). The number of hydrogen-bond donors (Lipinski definition) is 2. The molecule has 1 amide bonds. The number of benzene rings is 2.